The fraction of sp³-hybridized carbons (Fsp3) is 0.100. The Balaban J connectivity index is 2.07. The number of nitrogen functional groups attached to an aromatic ring is 1. The Hall–Kier alpha value is -2.04. The van der Waals surface area contributed by atoms with Gasteiger partial charge < -0.3 is 15.0 Å². The second kappa shape index (κ2) is 4.00. The number of nitrogens with zero attached hydrogens (tertiary/aromatic N) is 1. The van der Waals surface area contributed by atoms with E-state index in [0.717, 1.165) is 0 Å². The van der Waals surface area contributed by atoms with Gasteiger partial charge in [-0.05, 0) is 12.1 Å². The molecule has 2 aromatic rings. The number of anilines is 1. The van der Waals surface area contributed by atoms with Crippen molar-refractivity contribution in [2.24, 2.45) is 0 Å². The molecule has 0 saturated heterocycles. The third-order valence-corrected chi connectivity index (χ3v) is 1.84. The van der Waals surface area contributed by atoms with Crippen molar-refractivity contribution in [3.63, 3.8) is 0 Å². The summed E-state index contributed by atoms with van der Waals surface area (Å²) in [7, 11) is 0. The Morgan fingerprint density at radius 3 is 3.00 bits per heavy atom. The number of aromatic nitrogens is 1. The molecule has 0 fully saturated rings. The van der Waals surface area contributed by atoms with E-state index in [4.69, 9.17) is 10.5 Å². The van der Waals surface area contributed by atoms with E-state index in [1.807, 2.05) is 0 Å². The summed E-state index contributed by atoms with van der Waals surface area (Å²) in [6.07, 6.45) is 1.44. The molecular formula is C10H9FN2O2. The molecule has 1 aromatic carbocycles. The molecule has 0 aliphatic carbocycles. The van der Waals surface area contributed by atoms with Crippen molar-refractivity contribution in [1.82, 2.24) is 5.16 Å². The lowest BCUT2D eigenvalue weighted by Gasteiger charge is -2.06. The van der Waals surface area contributed by atoms with Crippen molar-refractivity contribution in [1.29, 1.82) is 0 Å². The summed E-state index contributed by atoms with van der Waals surface area (Å²) in [4.78, 5) is 0. The number of rotatable bonds is 3. The van der Waals surface area contributed by atoms with E-state index in [-0.39, 0.29) is 12.4 Å². The van der Waals surface area contributed by atoms with Gasteiger partial charge in [0.05, 0.1) is 5.69 Å². The SMILES string of the molecule is Nc1ccc(F)cc1OCc1ccon1. The summed E-state index contributed by atoms with van der Waals surface area (Å²) in [5, 5.41) is 3.65. The van der Waals surface area contributed by atoms with E-state index in [9.17, 15) is 4.39 Å². The third-order valence-electron chi connectivity index (χ3n) is 1.84. The summed E-state index contributed by atoms with van der Waals surface area (Å²) in [5.74, 6) is -0.0858. The molecule has 1 heterocycles. The summed E-state index contributed by atoms with van der Waals surface area (Å²) in [6.45, 7) is 0.199. The highest BCUT2D eigenvalue weighted by Crippen LogP contribution is 2.22. The first-order valence-corrected chi connectivity index (χ1v) is 4.33. The van der Waals surface area contributed by atoms with Gasteiger partial charge in [-0.2, -0.15) is 0 Å². The average molecular weight is 208 g/mol. The topological polar surface area (TPSA) is 61.3 Å². The van der Waals surface area contributed by atoms with E-state index in [1.54, 1.807) is 6.07 Å². The van der Waals surface area contributed by atoms with Crippen molar-refractivity contribution in [2.45, 2.75) is 6.61 Å². The average Bonchev–Trinajstić information content (AvgIpc) is 2.72. The van der Waals surface area contributed by atoms with Crippen molar-refractivity contribution in [2.75, 3.05) is 5.73 Å². The molecule has 0 unspecified atom stereocenters. The van der Waals surface area contributed by atoms with E-state index >= 15 is 0 Å². The molecule has 78 valence electrons. The first-order chi connectivity index (χ1) is 7.25. The lowest BCUT2D eigenvalue weighted by atomic mass is 10.3. The molecule has 0 aliphatic rings. The lowest BCUT2D eigenvalue weighted by molar-refractivity contribution is 0.289. The molecule has 0 bridgehead atoms. The normalized spacial score (nSPS) is 10.2. The van der Waals surface area contributed by atoms with E-state index in [1.165, 1.54) is 24.5 Å². The minimum absolute atomic E-state index is 0.199. The fourth-order valence-electron chi connectivity index (χ4n) is 1.10. The van der Waals surface area contributed by atoms with Crippen LogP contribution in [0, 0.1) is 5.82 Å². The highest BCUT2D eigenvalue weighted by Gasteiger charge is 2.03. The third kappa shape index (κ3) is 2.25. The Bertz CT molecular complexity index is 443. The van der Waals surface area contributed by atoms with Gasteiger partial charge >= 0.3 is 0 Å². The Kier molecular flexibility index (Phi) is 2.53. The molecule has 0 amide bonds. The molecule has 0 radical (unpaired) electrons. The molecule has 15 heavy (non-hydrogen) atoms. The van der Waals surface area contributed by atoms with Gasteiger partial charge in [0.25, 0.3) is 0 Å². The second-order valence-corrected chi connectivity index (χ2v) is 2.96. The van der Waals surface area contributed by atoms with Gasteiger partial charge in [0.1, 0.15) is 30.1 Å². The van der Waals surface area contributed by atoms with Crippen LogP contribution in [0.2, 0.25) is 0 Å². The summed E-state index contributed by atoms with van der Waals surface area (Å²) in [6, 6.07) is 5.62. The fourth-order valence-corrected chi connectivity index (χ4v) is 1.10. The molecular weight excluding hydrogens is 199 g/mol. The zero-order valence-corrected chi connectivity index (χ0v) is 7.81. The highest BCUT2D eigenvalue weighted by atomic mass is 19.1. The van der Waals surface area contributed by atoms with Gasteiger partial charge in [0, 0.05) is 12.1 Å². The van der Waals surface area contributed by atoms with Crippen molar-refractivity contribution >= 4 is 5.69 Å². The predicted molar refractivity (Wildman–Crippen MR) is 51.6 cm³/mol. The van der Waals surface area contributed by atoms with E-state index < -0.39 is 0 Å². The summed E-state index contributed by atoms with van der Waals surface area (Å²) >= 11 is 0. The molecule has 2 N–H and O–H groups in total. The molecule has 5 heteroatoms. The van der Waals surface area contributed by atoms with Gasteiger partial charge in [-0.3, -0.25) is 0 Å². The minimum Gasteiger partial charge on any atom is -0.485 e. The van der Waals surface area contributed by atoms with Gasteiger partial charge in [-0.1, -0.05) is 5.16 Å². The number of hydrogen-bond acceptors (Lipinski definition) is 4. The zero-order valence-electron chi connectivity index (χ0n) is 7.81. The van der Waals surface area contributed by atoms with Crippen LogP contribution in [0.5, 0.6) is 5.75 Å². The summed E-state index contributed by atoms with van der Waals surface area (Å²) in [5.41, 5.74) is 6.61. The Morgan fingerprint density at radius 2 is 2.27 bits per heavy atom. The highest BCUT2D eigenvalue weighted by molar-refractivity contribution is 5.52. The predicted octanol–water partition coefficient (Wildman–Crippen LogP) is 1.97. The number of nitrogens with two attached hydrogens (primary N) is 1. The number of benzene rings is 1. The van der Waals surface area contributed by atoms with Crippen LogP contribution < -0.4 is 10.5 Å². The summed E-state index contributed by atoms with van der Waals surface area (Å²) < 4.78 is 22.7. The van der Waals surface area contributed by atoms with Crippen LogP contribution in [-0.2, 0) is 6.61 Å². The maximum absolute atomic E-state index is 12.8. The molecule has 0 atom stereocenters. The maximum Gasteiger partial charge on any atom is 0.145 e. The van der Waals surface area contributed by atoms with Gasteiger partial charge in [-0.25, -0.2) is 4.39 Å². The number of hydrogen-bond donors (Lipinski definition) is 1. The van der Waals surface area contributed by atoms with Crippen LogP contribution in [0.15, 0.2) is 35.1 Å². The molecule has 0 aliphatic heterocycles. The van der Waals surface area contributed by atoms with Crippen LogP contribution in [0.3, 0.4) is 0 Å². The van der Waals surface area contributed by atoms with Gasteiger partial charge in [-0.15, -0.1) is 0 Å². The smallest absolute Gasteiger partial charge is 0.145 e. The Labute approximate surface area is 85.4 Å². The largest absolute Gasteiger partial charge is 0.485 e. The Morgan fingerprint density at radius 1 is 1.40 bits per heavy atom. The van der Waals surface area contributed by atoms with Crippen LogP contribution >= 0.6 is 0 Å². The quantitative estimate of drug-likeness (QED) is 0.783. The molecule has 1 aromatic heterocycles. The van der Waals surface area contributed by atoms with Crippen LogP contribution in [0.4, 0.5) is 10.1 Å². The first-order valence-electron chi connectivity index (χ1n) is 4.33. The van der Waals surface area contributed by atoms with E-state index in [0.29, 0.717) is 17.1 Å². The van der Waals surface area contributed by atoms with E-state index in [2.05, 4.69) is 9.68 Å². The maximum atomic E-state index is 12.8. The standard InChI is InChI=1S/C10H9FN2O2/c11-7-1-2-9(12)10(5-7)14-6-8-3-4-15-13-8/h1-5H,6,12H2. The number of halogens is 1. The van der Waals surface area contributed by atoms with Crippen LogP contribution in [-0.4, -0.2) is 5.16 Å². The second-order valence-electron chi connectivity index (χ2n) is 2.96. The first kappa shape index (κ1) is 9.51. The minimum atomic E-state index is -0.389. The van der Waals surface area contributed by atoms with Gasteiger partial charge in [0.15, 0.2) is 0 Å². The van der Waals surface area contributed by atoms with Crippen molar-refractivity contribution in [3.05, 3.63) is 42.0 Å². The lowest BCUT2D eigenvalue weighted by Crippen LogP contribution is -1.99. The monoisotopic (exact) mass is 208 g/mol. The number of ether oxygens (including phenoxy) is 1. The van der Waals surface area contributed by atoms with Crippen molar-refractivity contribution in [3.8, 4) is 5.75 Å². The van der Waals surface area contributed by atoms with Crippen LogP contribution in [0.25, 0.3) is 0 Å². The zero-order chi connectivity index (χ0) is 10.7. The molecule has 0 spiro atoms. The van der Waals surface area contributed by atoms with Crippen LogP contribution in [0.1, 0.15) is 5.69 Å². The van der Waals surface area contributed by atoms with Crippen molar-refractivity contribution < 1.29 is 13.7 Å². The molecule has 0 saturated carbocycles. The molecule has 4 nitrogen and oxygen atoms in total. The van der Waals surface area contributed by atoms with Gasteiger partial charge in [0.2, 0.25) is 0 Å². The molecule has 2 rings (SSSR count).